The van der Waals surface area contributed by atoms with E-state index in [-0.39, 0.29) is 0 Å². The molecule has 0 bridgehead atoms. The average Bonchev–Trinajstić information content (AvgIpc) is 1.86. The first-order valence-corrected chi connectivity index (χ1v) is 4.76. The Morgan fingerprint density at radius 2 is 1.45 bits per heavy atom. The zero-order chi connectivity index (χ0) is 8.48. The van der Waals surface area contributed by atoms with Crippen molar-refractivity contribution in [3.63, 3.8) is 0 Å². The third kappa shape index (κ3) is 2.54. The summed E-state index contributed by atoms with van der Waals surface area (Å²) < 4.78 is 0. The lowest BCUT2D eigenvalue weighted by Crippen LogP contribution is -2.24. The minimum absolute atomic E-state index is 0.494. The van der Waals surface area contributed by atoms with Gasteiger partial charge in [0.15, 0.2) is 0 Å². The average molecular weight is 150 g/mol. The molecule has 0 amide bonds. The third-order valence-electron chi connectivity index (χ3n) is 3.00. The topological polar surface area (TPSA) is 0 Å². The molecule has 62 valence electrons. The van der Waals surface area contributed by atoms with Gasteiger partial charge in [-0.3, -0.25) is 0 Å². The molecule has 1 rings (SSSR count). The minimum Gasteiger partial charge on any atom is -0.0774 e. The van der Waals surface area contributed by atoms with Gasteiger partial charge in [0.25, 0.3) is 0 Å². The molecule has 0 aliphatic heterocycles. The van der Waals surface area contributed by atoms with E-state index in [2.05, 4.69) is 20.8 Å². The Kier molecular flexibility index (Phi) is 2.67. The van der Waals surface area contributed by atoms with Crippen LogP contribution in [0.5, 0.6) is 0 Å². The van der Waals surface area contributed by atoms with Crippen LogP contribution in [0.4, 0.5) is 0 Å². The quantitative estimate of drug-likeness (QED) is 0.465. The summed E-state index contributed by atoms with van der Waals surface area (Å²) in [5.41, 5.74) is 0.500. The van der Waals surface area contributed by atoms with Crippen molar-refractivity contribution in [1.82, 2.24) is 0 Å². The summed E-state index contributed by atoms with van der Waals surface area (Å²) in [5, 5.41) is 0. The highest BCUT2D eigenvalue weighted by Gasteiger charge is 2.27. The van der Waals surface area contributed by atoms with E-state index >= 15 is 0 Å². The monoisotopic (exact) mass is 150 g/mol. The molecule has 0 aromatic carbocycles. The second kappa shape index (κ2) is 3.20. The van der Waals surface area contributed by atoms with Crippen LogP contribution in [0.2, 0.25) is 5.82 Å². The lowest BCUT2D eigenvalue weighted by molar-refractivity contribution is 0.180. The molecule has 2 radical (unpaired) electrons. The Morgan fingerprint density at radius 1 is 1.00 bits per heavy atom. The molecule has 1 aliphatic carbocycles. The zero-order valence-electron chi connectivity index (χ0n) is 8.06. The molecular weight excluding hydrogens is 131 g/mol. The number of hydrogen-bond acceptors (Lipinski definition) is 0. The first-order chi connectivity index (χ1) is 5.00. The first kappa shape index (κ1) is 9.16. The van der Waals surface area contributed by atoms with Gasteiger partial charge in [-0.1, -0.05) is 52.3 Å². The van der Waals surface area contributed by atoms with E-state index in [0.717, 1.165) is 5.92 Å². The zero-order valence-corrected chi connectivity index (χ0v) is 8.06. The maximum atomic E-state index is 5.84. The van der Waals surface area contributed by atoms with E-state index in [1.807, 2.05) is 0 Å². The van der Waals surface area contributed by atoms with Gasteiger partial charge >= 0.3 is 0 Å². The summed E-state index contributed by atoms with van der Waals surface area (Å²) in [5.74, 6) is 1.40. The number of hydrogen-bond donors (Lipinski definition) is 0. The van der Waals surface area contributed by atoms with Crippen molar-refractivity contribution >= 4 is 7.85 Å². The molecule has 0 nitrogen and oxygen atoms in total. The highest BCUT2D eigenvalue weighted by atomic mass is 14.3. The highest BCUT2D eigenvalue weighted by Crippen LogP contribution is 2.40. The Bertz CT molecular complexity index is 115. The molecule has 1 fully saturated rings. The molecule has 0 unspecified atom stereocenters. The van der Waals surface area contributed by atoms with Crippen LogP contribution < -0.4 is 0 Å². The molecule has 0 aromatic rings. The lowest BCUT2D eigenvalue weighted by Gasteiger charge is -2.36. The van der Waals surface area contributed by atoms with Crippen LogP contribution in [-0.2, 0) is 0 Å². The predicted molar refractivity (Wildman–Crippen MR) is 50.9 cm³/mol. The van der Waals surface area contributed by atoms with Crippen LogP contribution in [0, 0.1) is 11.3 Å². The van der Waals surface area contributed by atoms with Crippen molar-refractivity contribution in [3.8, 4) is 0 Å². The summed E-state index contributed by atoms with van der Waals surface area (Å²) in [6, 6.07) is 0. The Labute approximate surface area is 72.2 Å². The van der Waals surface area contributed by atoms with Gasteiger partial charge in [-0.15, -0.1) is 0 Å². The molecule has 0 aromatic heterocycles. The van der Waals surface area contributed by atoms with Gasteiger partial charge in [0.2, 0.25) is 0 Å². The molecular formula is C10H19B. The maximum absolute atomic E-state index is 5.84. The molecule has 11 heavy (non-hydrogen) atoms. The van der Waals surface area contributed by atoms with Crippen LogP contribution in [0.25, 0.3) is 0 Å². The van der Waals surface area contributed by atoms with Crippen LogP contribution in [0.3, 0.4) is 0 Å². The summed E-state index contributed by atoms with van der Waals surface area (Å²) >= 11 is 0. The van der Waals surface area contributed by atoms with Gasteiger partial charge in [0, 0.05) is 0 Å². The molecule has 0 spiro atoms. The largest absolute Gasteiger partial charge is 0.0774 e. The summed E-state index contributed by atoms with van der Waals surface area (Å²) in [6.45, 7) is 7.03. The standard InChI is InChI=1S/C10H19B/c1-10(2,3)8-4-6-9(11)7-5-8/h8-9H,4-7H2,1-3H3. The summed E-state index contributed by atoms with van der Waals surface area (Å²) in [6.07, 6.45) is 5.15. The fourth-order valence-electron chi connectivity index (χ4n) is 1.99. The van der Waals surface area contributed by atoms with Gasteiger partial charge in [-0.05, 0) is 11.3 Å². The lowest BCUT2D eigenvalue weighted by atomic mass is 9.65. The first-order valence-electron chi connectivity index (χ1n) is 4.76. The van der Waals surface area contributed by atoms with Crippen molar-refractivity contribution in [2.75, 3.05) is 0 Å². The van der Waals surface area contributed by atoms with Gasteiger partial charge in [0.1, 0.15) is 0 Å². The van der Waals surface area contributed by atoms with Crippen molar-refractivity contribution < 1.29 is 0 Å². The molecule has 1 aliphatic rings. The maximum Gasteiger partial charge on any atom is 0.0699 e. The second-order valence-electron chi connectivity index (χ2n) is 4.98. The van der Waals surface area contributed by atoms with Gasteiger partial charge < -0.3 is 0 Å². The van der Waals surface area contributed by atoms with Crippen molar-refractivity contribution in [3.05, 3.63) is 0 Å². The fourth-order valence-corrected chi connectivity index (χ4v) is 1.99. The molecule has 0 atom stereocenters. The minimum atomic E-state index is 0.494. The normalized spacial score (nSPS) is 33.7. The molecule has 0 saturated heterocycles. The smallest absolute Gasteiger partial charge is 0.0699 e. The summed E-state index contributed by atoms with van der Waals surface area (Å²) in [4.78, 5) is 0. The van der Waals surface area contributed by atoms with E-state index in [9.17, 15) is 0 Å². The van der Waals surface area contributed by atoms with E-state index in [1.54, 1.807) is 0 Å². The van der Waals surface area contributed by atoms with E-state index in [4.69, 9.17) is 7.85 Å². The molecule has 0 N–H and O–H groups in total. The summed E-state index contributed by atoms with van der Waals surface area (Å²) in [7, 11) is 5.84. The Hall–Kier alpha value is 0.0649. The van der Waals surface area contributed by atoms with Crippen molar-refractivity contribution in [1.29, 1.82) is 0 Å². The Balaban J connectivity index is 2.39. The Morgan fingerprint density at radius 3 is 1.82 bits per heavy atom. The predicted octanol–water partition coefficient (Wildman–Crippen LogP) is 3.18. The van der Waals surface area contributed by atoms with E-state index < -0.39 is 0 Å². The van der Waals surface area contributed by atoms with Crippen molar-refractivity contribution in [2.45, 2.75) is 52.3 Å². The van der Waals surface area contributed by atoms with Crippen LogP contribution in [-0.4, -0.2) is 7.85 Å². The SMILES string of the molecule is [B]C1CCC(C(C)(C)C)CC1. The third-order valence-corrected chi connectivity index (χ3v) is 3.00. The van der Waals surface area contributed by atoms with Gasteiger partial charge in [-0.25, -0.2) is 0 Å². The molecule has 1 saturated carbocycles. The van der Waals surface area contributed by atoms with Crippen LogP contribution >= 0.6 is 0 Å². The van der Waals surface area contributed by atoms with Gasteiger partial charge in [0.05, 0.1) is 7.85 Å². The van der Waals surface area contributed by atoms with E-state index in [0.29, 0.717) is 11.2 Å². The molecule has 1 heteroatoms. The fraction of sp³-hybridized carbons (Fsp3) is 1.00. The van der Waals surface area contributed by atoms with Crippen LogP contribution in [0.1, 0.15) is 46.5 Å². The number of rotatable bonds is 0. The molecule has 0 heterocycles. The second-order valence-corrected chi connectivity index (χ2v) is 4.98. The highest BCUT2D eigenvalue weighted by molar-refractivity contribution is 6.11. The van der Waals surface area contributed by atoms with Crippen molar-refractivity contribution in [2.24, 2.45) is 11.3 Å². The van der Waals surface area contributed by atoms with E-state index in [1.165, 1.54) is 25.7 Å². The van der Waals surface area contributed by atoms with Gasteiger partial charge in [-0.2, -0.15) is 0 Å². The van der Waals surface area contributed by atoms with Crippen LogP contribution in [0.15, 0.2) is 0 Å².